The first-order chi connectivity index (χ1) is 35.8. The highest BCUT2D eigenvalue weighted by molar-refractivity contribution is 5.76. The Morgan fingerprint density at radius 2 is 0.865 bits per heavy atom. The fourth-order valence-corrected chi connectivity index (χ4v) is 9.46. The molecule has 19 heteroatoms. The molecule has 3 aliphatic heterocycles. The fourth-order valence-electron chi connectivity index (χ4n) is 9.46. The lowest BCUT2D eigenvalue weighted by Gasteiger charge is -2.48. The zero-order valence-electron chi connectivity index (χ0n) is 44.6. The SMILES string of the molecule is CCCCCCCCCCCCCCCCC/C=C/CC/C=C/CC/C=C/C(O)C(COC1OC(CO)C(OC2OC(CO)C(OC3OC(CO)C(O)C(O)C3O)C(O)C2O)C(O)C1O)NC(=O)CCCCCC. The molecule has 0 aliphatic carbocycles. The largest absolute Gasteiger partial charge is 0.394 e. The maximum Gasteiger partial charge on any atom is 0.220 e. The summed E-state index contributed by atoms with van der Waals surface area (Å²) in [7, 11) is 0. The zero-order valence-corrected chi connectivity index (χ0v) is 44.6. The average Bonchev–Trinajstić information content (AvgIpc) is 3.40. The zero-order chi connectivity index (χ0) is 54.1. The Morgan fingerprint density at radius 1 is 0.473 bits per heavy atom. The van der Waals surface area contributed by atoms with Crippen LogP contribution < -0.4 is 5.32 Å². The molecule has 12 N–H and O–H groups in total. The third-order valence-electron chi connectivity index (χ3n) is 14.2. The second kappa shape index (κ2) is 39.4. The van der Waals surface area contributed by atoms with Gasteiger partial charge in [0, 0.05) is 6.42 Å². The number of nitrogens with one attached hydrogen (secondary N) is 1. The van der Waals surface area contributed by atoms with Crippen molar-refractivity contribution in [2.75, 3.05) is 26.4 Å². The van der Waals surface area contributed by atoms with Crippen molar-refractivity contribution in [3.63, 3.8) is 0 Å². The molecule has 17 unspecified atom stereocenters. The van der Waals surface area contributed by atoms with Crippen LogP contribution in [0.15, 0.2) is 36.5 Å². The third kappa shape index (κ3) is 23.9. The first kappa shape index (κ1) is 66.3. The topological polar surface area (TPSA) is 307 Å². The van der Waals surface area contributed by atoms with Gasteiger partial charge in [-0.05, 0) is 44.9 Å². The molecule has 3 fully saturated rings. The van der Waals surface area contributed by atoms with Crippen molar-refractivity contribution in [2.24, 2.45) is 0 Å². The van der Waals surface area contributed by atoms with Crippen LogP contribution in [0.5, 0.6) is 0 Å². The summed E-state index contributed by atoms with van der Waals surface area (Å²) >= 11 is 0. The van der Waals surface area contributed by atoms with Gasteiger partial charge in [0.05, 0.1) is 38.6 Å². The molecule has 0 spiro atoms. The van der Waals surface area contributed by atoms with Gasteiger partial charge in [0.1, 0.15) is 73.2 Å². The van der Waals surface area contributed by atoms with E-state index in [-0.39, 0.29) is 18.9 Å². The summed E-state index contributed by atoms with van der Waals surface area (Å²) in [6, 6.07) is -0.989. The second-order valence-electron chi connectivity index (χ2n) is 20.4. The van der Waals surface area contributed by atoms with Crippen LogP contribution in [0.4, 0.5) is 0 Å². The van der Waals surface area contributed by atoms with Crippen LogP contribution in [0.3, 0.4) is 0 Å². The van der Waals surface area contributed by atoms with Crippen molar-refractivity contribution >= 4 is 5.91 Å². The molecule has 74 heavy (non-hydrogen) atoms. The van der Waals surface area contributed by atoms with Gasteiger partial charge in [-0.25, -0.2) is 0 Å². The lowest BCUT2D eigenvalue weighted by atomic mass is 9.96. The van der Waals surface area contributed by atoms with E-state index in [1.54, 1.807) is 6.08 Å². The van der Waals surface area contributed by atoms with E-state index in [1.165, 1.54) is 96.3 Å². The predicted molar refractivity (Wildman–Crippen MR) is 277 cm³/mol. The number of allylic oxidation sites excluding steroid dienone is 5. The average molecular weight is 1060 g/mol. The van der Waals surface area contributed by atoms with Crippen LogP contribution in [0, 0.1) is 0 Å². The summed E-state index contributed by atoms with van der Waals surface area (Å²) in [5.74, 6) is -0.309. The smallest absolute Gasteiger partial charge is 0.220 e. The molecule has 19 nitrogen and oxygen atoms in total. The van der Waals surface area contributed by atoms with E-state index in [2.05, 4.69) is 43.5 Å². The van der Waals surface area contributed by atoms with Crippen molar-refractivity contribution in [3.8, 4) is 0 Å². The third-order valence-corrected chi connectivity index (χ3v) is 14.2. The summed E-state index contributed by atoms with van der Waals surface area (Å²) in [5.41, 5.74) is 0. The standard InChI is InChI=1S/C55H99NO18/c1-3-5-7-9-10-11-12-13-14-15-16-17-18-19-20-21-22-23-24-25-26-27-28-29-30-32-39(60)38(56-43(61)33-31-8-6-4-2)37-69-53-49(67)46(64)51(41(35-58)71-53)74-55-50(68)47(65)52(42(36-59)72-55)73-54-48(66)45(63)44(62)40(34-57)70-54/h22-23,26-27,30,32,38-42,44-55,57-60,62-68H,3-21,24-25,28-29,31,33-37H2,1-2H3,(H,56,61)/b23-22+,27-26+,32-30+. The number of carbonyl (C=O) groups is 1. The van der Waals surface area contributed by atoms with E-state index in [1.807, 2.05) is 6.08 Å². The van der Waals surface area contributed by atoms with E-state index in [9.17, 15) is 61.0 Å². The first-order valence-electron chi connectivity index (χ1n) is 28.2. The van der Waals surface area contributed by atoms with Gasteiger partial charge in [-0.15, -0.1) is 0 Å². The van der Waals surface area contributed by atoms with Crippen molar-refractivity contribution in [1.82, 2.24) is 5.32 Å². The molecular formula is C55H99NO18. The van der Waals surface area contributed by atoms with Crippen molar-refractivity contribution < 1.29 is 89.4 Å². The maximum atomic E-state index is 13.0. The first-order valence-corrected chi connectivity index (χ1v) is 28.2. The number of ether oxygens (including phenoxy) is 6. The monoisotopic (exact) mass is 1060 g/mol. The lowest BCUT2D eigenvalue weighted by molar-refractivity contribution is -0.379. The summed E-state index contributed by atoms with van der Waals surface area (Å²) in [5, 5.41) is 119. The Morgan fingerprint density at radius 3 is 1.35 bits per heavy atom. The summed E-state index contributed by atoms with van der Waals surface area (Å²) in [6.45, 7) is 1.53. The number of rotatable bonds is 40. The second-order valence-corrected chi connectivity index (χ2v) is 20.4. The van der Waals surface area contributed by atoms with Gasteiger partial charge in [-0.1, -0.05) is 159 Å². The number of aliphatic hydroxyl groups is 11. The summed E-state index contributed by atoms with van der Waals surface area (Å²) in [6.07, 6.45) is 13.9. The van der Waals surface area contributed by atoms with Crippen LogP contribution in [0.25, 0.3) is 0 Å². The van der Waals surface area contributed by atoms with Gasteiger partial charge < -0.3 is 89.9 Å². The molecule has 0 aromatic heterocycles. The van der Waals surface area contributed by atoms with E-state index in [0.717, 1.165) is 44.9 Å². The Labute approximate surface area is 440 Å². The molecule has 0 radical (unpaired) electrons. The predicted octanol–water partition coefficient (Wildman–Crippen LogP) is 3.76. The molecule has 0 bridgehead atoms. The van der Waals surface area contributed by atoms with E-state index in [0.29, 0.717) is 12.8 Å². The van der Waals surface area contributed by atoms with Gasteiger partial charge >= 0.3 is 0 Å². The summed E-state index contributed by atoms with van der Waals surface area (Å²) < 4.78 is 34.0. The minimum atomic E-state index is -1.98. The van der Waals surface area contributed by atoms with Crippen molar-refractivity contribution in [3.05, 3.63) is 36.5 Å². The molecule has 0 saturated carbocycles. The van der Waals surface area contributed by atoms with E-state index < -0.39 is 124 Å². The molecule has 3 heterocycles. The number of hydrogen-bond acceptors (Lipinski definition) is 18. The Balaban J connectivity index is 1.43. The molecule has 1 amide bonds. The Kier molecular flexibility index (Phi) is 35.3. The van der Waals surface area contributed by atoms with Crippen molar-refractivity contribution in [1.29, 1.82) is 0 Å². The molecule has 3 rings (SSSR count). The highest BCUT2D eigenvalue weighted by Crippen LogP contribution is 2.33. The van der Waals surface area contributed by atoms with Gasteiger partial charge in [-0.3, -0.25) is 4.79 Å². The van der Waals surface area contributed by atoms with Crippen LogP contribution >= 0.6 is 0 Å². The van der Waals surface area contributed by atoms with E-state index in [4.69, 9.17) is 28.4 Å². The van der Waals surface area contributed by atoms with Crippen LogP contribution in [-0.4, -0.2) is 193 Å². The molecule has 17 atom stereocenters. The highest BCUT2D eigenvalue weighted by atomic mass is 16.8. The number of aliphatic hydroxyl groups excluding tert-OH is 11. The Hall–Kier alpha value is -1.99. The number of hydrogen-bond donors (Lipinski definition) is 12. The van der Waals surface area contributed by atoms with Crippen molar-refractivity contribution in [2.45, 2.75) is 279 Å². The van der Waals surface area contributed by atoms with Gasteiger partial charge in [0.2, 0.25) is 5.91 Å². The molecule has 432 valence electrons. The van der Waals surface area contributed by atoms with Crippen LogP contribution in [0.1, 0.15) is 174 Å². The van der Waals surface area contributed by atoms with Gasteiger partial charge in [0.25, 0.3) is 0 Å². The Bertz CT molecular complexity index is 1500. The lowest BCUT2D eigenvalue weighted by Crippen LogP contribution is -2.66. The van der Waals surface area contributed by atoms with E-state index >= 15 is 0 Å². The van der Waals surface area contributed by atoms with Crippen LogP contribution in [0.2, 0.25) is 0 Å². The summed E-state index contributed by atoms with van der Waals surface area (Å²) in [4.78, 5) is 13.0. The maximum absolute atomic E-state index is 13.0. The number of amides is 1. The molecule has 3 aliphatic rings. The molecular weight excluding hydrogens is 963 g/mol. The number of unbranched alkanes of at least 4 members (excludes halogenated alkanes) is 20. The number of carbonyl (C=O) groups excluding carboxylic acids is 1. The molecule has 0 aromatic carbocycles. The quantitative estimate of drug-likeness (QED) is 0.0307. The van der Waals surface area contributed by atoms with Crippen LogP contribution in [-0.2, 0) is 33.2 Å². The van der Waals surface area contributed by atoms with Gasteiger partial charge in [-0.2, -0.15) is 0 Å². The normalized spacial score (nSPS) is 31.7. The molecule has 3 saturated heterocycles. The minimum Gasteiger partial charge on any atom is -0.394 e. The highest BCUT2D eigenvalue weighted by Gasteiger charge is 2.53. The fraction of sp³-hybridized carbons (Fsp3) is 0.873. The van der Waals surface area contributed by atoms with Gasteiger partial charge in [0.15, 0.2) is 18.9 Å². The molecule has 0 aromatic rings. The minimum absolute atomic E-state index is 0.223.